The molecule has 0 spiro atoms. The molecule has 3 aliphatic rings. The van der Waals surface area contributed by atoms with E-state index >= 15 is 0 Å². The van der Waals surface area contributed by atoms with Gasteiger partial charge in [0.15, 0.2) is 0 Å². The number of allylic oxidation sites excluding steroid dienone is 2. The maximum absolute atomic E-state index is 12.4. The van der Waals surface area contributed by atoms with Crippen molar-refractivity contribution in [2.24, 2.45) is 23.2 Å². The molecular formula is C20H24O5. The third-order valence-corrected chi connectivity index (χ3v) is 6.25. The summed E-state index contributed by atoms with van der Waals surface area (Å²) in [4.78, 5) is 36.7. The van der Waals surface area contributed by atoms with Crippen molar-refractivity contribution in [1.29, 1.82) is 0 Å². The highest BCUT2D eigenvalue weighted by atomic mass is 16.6. The van der Waals surface area contributed by atoms with Crippen molar-refractivity contribution >= 4 is 18.2 Å². The molecule has 5 nitrogen and oxygen atoms in total. The van der Waals surface area contributed by atoms with E-state index in [2.05, 4.69) is 12.7 Å². The largest absolute Gasteiger partial charge is 0.458 e. The molecule has 0 aromatic rings. The summed E-state index contributed by atoms with van der Waals surface area (Å²) < 4.78 is 11.4. The molecule has 0 amide bonds. The van der Waals surface area contributed by atoms with Gasteiger partial charge in [-0.1, -0.05) is 24.3 Å². The average molecular weight is 344 g/mol. The fourth-order valence-corrected chi connectivity index (χ4v) is 4.58. The molecule has 2 aliphatic carbocycles. The van der Waals surface area contributed by atoms with Crippen LogP contribution in [-0.2, 0) is 23.9 Å². The molecule has 6 atom stereocenters. The van der Waals surface area contributed by atoms with Crippen molar-refractivity contribution in [3.8, 4) is 0 Å². The molecule has 6 unspecified atom stereocenters. The van der Waals surface area contributed by atoms with Crippen molar-refractivity contribution in [2.45, 2.75) is 46.3 Å². The fourth-order valence-electron chi connectivity index (χ4n) is 4.58. The Hall–Kier alpha value is -2.17. The van der Waals surface area contributed by atoms with Crippen LogP contribution >= 0.6 is 0 Å². The first-order chi connectivity index (χ1) is 11.8. The highest BCUT2D eigenvalue weighted by molar-refractivity contribution is 5.92. The standard InChI is InChI=1S/C20H24O5/c1-6-10(2)18(22)25-17-15-12(4)19(23)24-16(15)14-11(3)7-8-13(14)20(17,5)9-21/h6-7,9,13-17H,4,8H2,1-3,5H3. The second-order valence-corrected chi connectivity index (χ2v) is 7.52. The van der Waals surface area contributed by atoms with Gasteiger partial charge in [-0.3, -0.25) is 0 Å². The summed E-state index contributed by atoms with van der Waals surface area (Å²) in [7, 11) is 0. The van der Waals surface area contributed by atoms with E-state index in [1.807, 2.05) is 13.8 Å². The van der Waals surface area contributed by atoms with Crippen LogP contribution in [0.3, 0.4) is 0 Å². The number of hydrogen-bond acceptors (Lipinski definition) is 5. The zero-order valence-corrected chi connectivity index (χ0v) is 15.1. The lowest BCUT2D eigenvalue weighted by molar-refractivity contribution is -0.177. The van der Waals surface area contributed by atoms with E-state index in [0.717, 1.165) is 11.9 Å². The molecule has 5 heteroatoms. The first-order valence-electron chi connectivity index (χ1n) is 8.63. The highest BCUT2D eigenvalue weighted by Crippen LogP contribution is 2.58. The van der Waals surface area contributed by atoms with E-state index in [4.69, 9.17) is 9.47 Å². The number of rotatable bonds is 3. The maximum Gasteiger partial charge on any atom is 0.334 e. The molecule has 1 saturated carbocycles. The number of esters is 2. The van der Waals surface area contributed by atoms with E-state index in [0.29, 0.717) is 12.0 Å². The second kappa shape index (κ2) is 5.97. The Bertz CT molecular complexity index is 716. The van der Waals surface area contributed by atoms with Crippen LogP contribution in [-0.4, -0.2) is 30.4 Å². The molecule has 0 aromatic heterocycles. The van der Waals surface area contributed by atoms with Gasteiger partial charge in [-0.25, -0.2) is 9.59 Å². The Morgan fingerprint density at radius 1 is 1.44 bits per heavy atom. The van der Waals surface area contributed by atoms with Gasteiger partial charge in [0, 0.05) is 17.1 Å². The Morgan fingerprint density at radius 3 is 2.72 bits per heavy atom. The number of carbonyl (C=O) groups is 3. The minimum absolute atomic E-state index is 0.0406. The minimum Gasteiger partial charge on any atom is -0.458 e. The molecule has 0 radical (unpaired) electrons. The van der Waals surface area contributed by atoms with E-state index in [1.54, 1.807) is 19.9 Å². The van der Waals surface area contributed by atoms with Gasteiger partial charge in [0.2, 0.25) is 0 Å². The van der Waals surface area contributed by atoms with Gasteiger partial charge in [-0.05, 0) is 40.0 Å². The van der Waals surface area contributed by atoms with Crippen LogP contribution < -0.4 is 0 Å². The Morgan fingerprint density at radius 2 is 2.12 bits per heavy atom. The molecule has 0 bridgehead atoms. The summed E-state index contributed by atoms with van der Waals surface area (Å²) in [5.41, 5.74) is 0.960. The van der Waals surface area contributed by atoms with E-state index in [-0.39, 0.29) is 17.4 Å². The summed E-state index contributed by atoms with van der Waals surface area (Å²) in [5, 5.41) is 0. The van der Waals surface area contributed by atoms with Crippen LogP contribution in [0.25, 0.3) is 0 Å². The Labute approximate surface area is 147 Å². The van der Waals surface area contributed by atoms with Gasteiger partial charge in [0.1, 0.15) is 18.5 Å². The molecule has 0 N–H and O–H groups in total. The molecule has 0 aromatic carbocycles. The molecule has 25 heavy (non-hydrogen) atoms. The normalized spacial score (nSPS) is 40.1. The van der Waals surface area contributed by atoms with E-state index in [9.17, 15) is 14.4 Å². The summed E-state index contributed by atoms with van der Waals surface area (Å²) in [6.07, 6.45) is 4.14. The zero-order valence-electron chi connectivity index (χ0n) is 15.1. The van der Waals surface area contributed by atoms with Crippen LogP contribution in [0.2, 0.25) is 0 Å². The van der Waals surface area contributed by atoms with Gasteiger partial charge in [-0.15, -0.1) is 0 Å². The smallest absolute Gasteiger partial charge is 0.334 e. The lowest BCUT2D eigenvalue weighted by Gasteiger charge is -2.50. The summed E-state index contributed by atoms with van der Waals surface area (Å²) in [5.74, 6) is -1.55. The first kappa shape index (κ1) is 17.6. The molecule has 1 saturated heterocycles. The predicted octanol–water partition coefficient (Wildman–Crippen LogP) is 2.76. The lowest BCUT2D eigenvalue weighted by atomic mass is 9.56. The second-order valence-electron chi connectivity index (χ2n) is 7.52. The third kappa shape index (κ3) is 2.40. The van der Waals surface area contributed by atoms with Crippen LogP contribution in [0, 0.1) is 23.2 Å². The van der Waals surface area contributed by atoms with Crippen LogP contribution in [0.1, 0.15) is 34.1 Å². The van der Waals surface area contributed by atoms with Gasteiger partial charge in [0.05, 0.1) is 11.3 Å². The van der Waals surface area contributed by atoms with Crippen LogP contribution in [0.4, 0.5) is 0 Å². The van der Waals surface area contributed by atoms with Gasteiger partial charge in [-0.2, -0.15) is 0 Å². The summed E-state index contributed by atoms with van der Waals surface area (Å²) in [6, 6.07) is 0. The SMILES string of the molecule is C=C1C(=O)OC2C3C(C)=CCC3C(C)(C=O)C(OC(=O)C(C)=CC)C12. The van der Waals surface area contributed by atoms with Gasteiger partial charge < -0.3 is 14.3 Å². The summed E-state index contributed by atoms with van der Waals surface area (Å²) >= 11 is 0. The molecule has 3 rings (SSSR count). The fraction of sp³-hybridized carbons (Fsp3) is 0.550. The van der Waals surface area contributed by atoms with E-state index in [1.165, 1.54) is 0 Å². The van der Waals surface area contributed by atoms with Crippen molar-refractivity contribution in [1.82, 2.24) is 0 Å². The third-order valence-electron chi connectivity index (χ3n) is 6.25. The van der Waals surface area contributed by atoms with Crippen LogP contribution in [0.5, 0.6) is 0 Å². The predicted molar refractivity (Wildman–Crippen MR) is 91.3 cm³/mol. The van der Waals surface area contributed by atoms with E-state index < -0.39 is 35.5 Å². The molecule has 2 fully saturated rings. The maximum atomic E-state index is 12.4. The summed E-state index contributed by atoms with van der Waals surface area (Å²) in [6.45, 7) is 11.1. The van der Waals surface area contributed by atoms with Crippen molar-refractivity contribution in [2.75, 3.05) is 0 Å². The van der Waals surface area contributed by atoms with Crippen molar-refractivity contribution in [3.05, 3.63) is 35.5 Å². The number of fused-ring (bicyclic) bond motifs is 3. The quantitative estimate of drug-likeness (QED) is 0.341. The minimum atomic E-state index is -0.902. The number of ether oxygens (including phenoxy) is 2. The molecule has 1 heterocycles. The Balaban J connectivity index is 2.07. The highest BCUT2D eigenvalue weighted by Gasteiger charge is 2.64. The average Bonchev–Trinajstić information content (AvgIpc) is 3.12. The topological polar surface area (TPSA) is 69.7 Å². The van der Waals surface area contributed by atoms with Gasteiger partial charge >= 0.3 is 11.9 Å². The lowest BCUT2D eigenvalue weighted by Crippen LogP contribution is -2.58. The van der Waals surface area contributed by atoms with Crippen molar-refractivity contribution < 1.29 is 23.9 Å². The molecule has 1 aliphatic heterocycles. The number of hydrogen-bond donors (Lipinski definition) is 0. The van der Waals surface area contributed by atoms with Crippen LogP contribution in [0.15, 0.2) is 35.5 Å². The first-order valence-corrected chi connectivity index (χ1v) is 8.63. The Kier molecular flexibility index (Phi) is 4.21. The number of aldehydes is 1. The molecular weight excluding hydrogens is 320 g/mol. The zero-order chi connectivity index (χ0) is 18.5. The molecule has 134 valence electrons. The van der Waals surface area contributed by atoms with Gasteiger partial charge in [0.25, 0.3) is 0 Å². The number of carbonyl (C=O) groups excluding carboxylic acids is 3. The van der Waals surface area contributed by atoms with Crippen molar-refractivity contribution in [3.63, 3.8) is 0 Å². The monoisotopic (exact) mass is 344 g/mol.